The smallest absolute Gasteiger partial charge is 0.132 e. The lowest BCUT2D eigenvalue weighted by molar-refractivity contribution is 0.0746. The maximum absolute atomic E-state index is 9.84. The highest BCUT2D eigenvalue weighted by Crippen LogP contribution is 2.24. The van der Waals surface area contributed by atoms with E-state index in [0.29, 0.717) is 11.9 Å². The summed E-state index contributed by atoms with van der Waals surface area (Å²) >= 11 is 0. The molecule has 1 fully saturated rings. The molecule has 1 N–H and O–H groups in total. The van der Waals surface area contributed by atoms with Crippen LogP contribution in [0.5, 0.6) is 0 Å². The largest absolute Gasteiger partial charge is 0.464 e. The number of hydrogen-bond acceptors (Lipinski definition) is 3. The summed E-state index contributed by atoms with van der Waals surface area (Å²) in [4.78, 5) is 0. The van der Waals surface area contributed by atoms with Crippen molar-refractivity contribution in [2.45, 2.75) is 44.8 Å². The molecule has 1 aliphatic heterocycles. The quantitative estimate of drug-likeness (QED) is 0.830. The molecule has 2 heterocycles. The van der Waals surface area contributed by atoms with Gasteiger partial charge in [-0.1, -0.05) is 0 Å². The molecule has 0 aliphatic carbocycles. The molecule has 3 heteroatoms. The second-order valence-corrected chi connectivity index (χ2v) is 4.18. The van der Waals surface area contributed by atoms with E-state index in [2.05, 4.69) is 0 Å². The summed E-state index contributed by atoms with van der Waals surface area (Å²) in [5.74, 6) is 1.52. The number of ether oxygens (including phenoxy) is 1. The minimum Gasteiger partial charge on any atom is -0.464 e. The van der Waals surface area contributed by atoms with Gasteiger partial charge in [0.1, 0.15) is 17.6 Å². The van der Waals surface area contributed by atoms with Gasteiger partial charge < -0.3 is 14.3 Å². The Balaban J connectivity index is 1.79. The van der Waals surface area contributed by atoms with E-state index in [0.717, 1.165) is 38.1 Å². The van der Waals surface area contributed by atoms with Crippen molar-refractivity contribution in [3.63, 3.8) is 0 Å². The molecule has 0 saturated carbocycles. The fourth-order valence-electron chi connectivity index (χ4n) is 1.99. The van der Waals surface area contributed by atoms with E-state index in [9.17, 15) is 5.11 Å². The Morgan fingerprint density at radius 2 is 2.40 bits per heavy atom. The normalized spacial score (nSPS) is 23.2. The molecule has 1 aromatic heterocycles. The molecular weight excluding hydrogens is 192 g/mol. The monoisotopic (exact) mass is 210 g/mol. The Bertz CT molecular complexity index is 300. The van der Waals surface area contributed by atoms with Gasteiger partial charge in [-0.3, -0.25) is 0 Å². The lowest BCUT2D eigenvalue weighted by Crippen LogP contribution is -2.07. The average Bonchev–Trinajstić information content (AvgIpc) is 2.84. The molecule has 0 spiro atoms. The summed E-state index contributed by atoms with van der Waals surface area (Å²) in [5.41, 5.74) is 0. The summed E-state index contributed by atoms with van der Waals surface area (Å²) in [6, 6.07) is 3.72. The third-order valence-corrected chi connectivity index (χ3v) is 2.88. The van der Waals surface area contributed by atoms with Crippen LogP contribution in [0.4, 0.5) is 0 Å². The number of furan rings is 1. The molecule has 84 valence electrons. The van der Waals surface area contributed by atoms with Crippen LogP contribution in [0.2, 0.25) is 0 Å². The van der Waals surface area contributed by atoms with E-state index in [4.69, 9.17) is 9.15 Å². The van der Waals surface area contributed by atoms with Crippen molar-refractivity contribution in [3.8, 4) is 0 Å². The highest BCUT2D eigenvalue weighted by atomic mass is 16.5. The van der Waals surface area contributed by atoms with Gasteiger partial charge in [0.2, 0.25) is 0 Å². The number of aryl methyl sites for hydroxylation is 1. The number of aliphatic hydroxyl groups is 1. The van der Waals surface area contributed by atoms with E-state index in [1.807, 2.05) is 19.1 Å². The fourth-order valence-corrected chi connectivity index (χ4v) is 1.99. The summed E-state index contributed by atoms with van der Waals surface area (Å²) in [5, 5.41) is 9.84. The molecule has 2 atom stereocenters. The van der Waals surface area contributed by atoms with Gasteiger partial charge in [-0.2, -0.15) is 0 Å². The second kappa shape index (κ2) is 4.81. The van der Waals surface area contributed by atoms with Gasteiger partial charge in [0.25, 0.3) is 0 Å². The second-order valence-electron chi connectivity index (χ2n) is 4.18. The van der Waals surface area contributed by atoms with Crippen molar-refractivity contribution >= 4 is 0 Å². The van der Waals surface area contributed by atoms with E-state index >= 15 is 0 Å². The molecular formula is C12H18O3. The van der Waals surface area contributed by atoms with Crippen LogP contribution in [0.3, 0.4) is 0 Å². The van der Waals surface area contributed by atoms with Crippen molar-refractivity contribution in [2.24, 2.45) is 0 Å². The van der Waals surface area contributed by atoms with Crippen LogP contribution in [-0.2, 0) is 4.74 Å². The summed E-state index contributed by atoms with van der Waals surface area (Å²) in [6.07, 6.45) is 3.78. The Kier molecular flexibility index (Phi) is 3.44. The van der Waals surface area contributed by atoms with Crippen LogP contribution < -0.4 is 0 Å². The first-order valence-corrected chi connectivity index (χ1v) is 5.61. The molecule has 1 aromatic rings. The highest BCUT2D eigenvalue weighted by Gasteiger charge is 2.18. The van der Waals surface area contributed by atoms with Crippen molar-refractivity contribution in [1.82, 2.24) is 0 Å². The first kappa shape index (κ1) is 10.7. The zero-order valence-corrected chi connectivity index (χ0v) is 9.11. The van der Waals surface area contributed by atoms with Crippen molar-refractivity contribution < 1.29 is 14.3 Å². The summed E-state index contributed by atoms with van der Waals surface area (Å²) in [6.45, 7) is 2.76. The summed E-state index contributed by atoms with van der Waals surface area (Å²) < 4.78 is 10.9. The maximum atomic E-state index is 9.84. The van der Waals surface area contributed by atoms with Crippen molar-refractivity contribution in [2.75, 3.05) is 6.61 Å². The fraction of sp³-hybridized carbons (Fsp3) is 0.667. The van der Waals surface area contributed by atoms with Crippen LogP contribution >= 0.6 is 0 Å². The minimum absolute atomic E-state index is 0.343. The maximum Gasteiger partial charge on any atom is 0.132 e. The minimum atomic E-state index is -0.483. The molecule has 1 saturated heterocycles. The van der Waals surface area contributed by atoms with Crippen LogP contribution in [0.25, 0.3) is 0 Å². The first-order chi connectivity index (χ1) is 7.25. The van der Waals surface area contributed by atoms with Gasteiger partial charge in [-0.05, 0) is 44.7 Å². The molecule has 2 unspecified atom stereocenters. The van der Waals surface area contributed by atoms with Crippen LogP contribution in [0.15, 0.2) is 16.5 Å². The Morgan fingerprint density at radius 3 is 3.00 bits per heavy atom. The van der Waals surface area contributed by atoms with E-state index < -0.39 is 6.10 Å². The number of aliphatic hydroxyl groups excluding tert-OH is 1. The molecule has 0 bridgehead atoms. The van der Waals surface area contributed by atoms with Crippen molar-refractivity contribution in [3.05, 3.63) is 23.7 Å². The molecule has 0 amide bonds. The van der Waals surface area contributed by atoms with Gasteiger partial charge in [0, 0.05) is 6.61 Å². The number of hydrogen-bond donors (Lipinski definition) is 1. The number of rotatable bonds is 4. The van der Waals surface area contributed by atoms with Gasteiger partial charge >= 0.3 is 0 Å². The Morgan fingerprint density at radius 1 is 1.53 bits per heavy atom. The lowest BCUT2D eigenvalue weighted by atomic mass is 10.1. The molecule has 15 heavy (non-hydrogen) atoms. The highest BCUT2D eigenvalue weighted by molar-refractivity contribution is 5.07. The first-order valence-electron chi connectivity index (χ1n) is 5.61. The Labute approximate surface area is 90.0 Å². The van der Waals surface area contributed by atoms with Crippen molar-refractivity contribution in [1.29, 1.82) is 0 Å². The zero-order valence-electron chi connectivity index (χ0n) is 9.11. The van der Waals surface area contributed by atoms with Crippen LogP contribution in [-0.4, -0.2) is 17.8 Å². The molecule has 0 aromatic carbocycles. The van der Waals surface area contributed by atoms with Crippen LogP contribution in [0.1, 0.15) is 43.3 Å². The van der Waals surface area contributed by atoms with E-state index in [-0.39, 0.29) is 0 Å². The standard InChI is InChI=1S/C12H18O3/c1-9-4-7-12(15-9)11(13)6-5-10-3-2-8-14-10/h4,7,10-11,13H,2-3,5-6,8H2,1H3. The van der Waals surface area contributed by atoms with E-state index in [1.54, 1.807) is 0 Å². The van der Waals surface area contributed by atoms with Gasteiger partial charge in [-0.15, -0.1) is 0 Å². The Hall–Kier alpha value is -0.800. The van der Waals surface area contributed by atoms with Gasteiger partial charge in [-0.25, -0.2) is 0 Å². The van der Waals surface area contributed by atoms with Gasteiger partial charge in [0.15, 0.2) is 0 Å². The van der Waals surface area contributed by atoms with E-state index in [1.165, 1.54) is 0 Å². The SMILES string of the molecule is Cc1ccc(C(O)CCC2CCCO2)o1. The molecule has 1 aliphatic rings. The third-order valence-electron chi connectivity index (χ3n) is 2.88. The van der Waals surface area contributed by atoms with Crippen LogP contribution in [0, 0.1) is 6.92 Å². The third kappa shape index (κ3) is 2.83. The predicted molar refractivity (Wildman–Crippen MR) is 56.6 cm³/mol. The van der Waals surface area contributed by atoms with Gasteiger partial charge in [0.05, 0.1) is 6.10 Å². The molecule has 3 nitrogen and oxygen atoms in total. The summed E-state index contributed by atoms with van der Waals surface area (Å²) in [7, 11) is 0. The zero-order chi connectivity index (χ0) is 10.7. The predicted octanol–water partition coefficient (Wildman–Crippen LogP) is 2.58. The molecule has 2 rings (SSSR count). The average molecular weight is 210 g/mol. The lowest BCUT2D eigenvalue weighted by Gasteiger charge is -2.11. The topological polar surface area (TPSA) is 42.6 Å². The molecule has 0 radical (unpaired) electrons.